The lowest BCUT2D eigenvalue weighted by Crippen LogP contribution is -2.24. The summed E-state index contributed by atoms with van der Waals surface area (Å²) in [5.74, 6) is 0.965. The van der Waals surface area contributed by atoms with E-state index in [-0.39, 0.29) is 6.04 Å². The first-order valence-corrected chi connectivity index (χ1v) is 7.50. The van der Waals surface area contributed by atoms with Gasteiger partial charge in [0, 0.05) is 30.7 Å². The van der Waals surface area contributed by atoms with Gasteiger partial charge >= 0.3 is 0 Å². The molecule has 110 valence electrons. The molecule has 0 aliphatic rings. The molecule has 1 unspecified atom stereocenters. The van der Waals surface area contributed by atoms with E-state index in [2.05, 4.69) is 58.1 Å². The van der Waals surface area contributed by atoms with E-state index in [1.807, 2.05) is 6.20 Å². The van der Waals surface area contributed by atoms with Crippen LogP contribution in [0.25, 0.3) is 10.9 Å². The van der Waals surface area contributed by atoms with E-state index in [9.17, 15) is 0 Å². The molecule has 0 aliphatic carbocycles. The number of aromatic amines is 1. The Labute approximate surface area is 124 Å². The average molecular weight is 283 g/mol. The van der Waals surface area contributed by atoms with E-state index >= 15 is 0 Å². The fraction of sp³-hybridized carbons (Fsp3) is 0.375. The number of nitrogens with zero attached hydrogens (tertiary/aromatic N) is 3. The van der Waals surface area contributed by atoms with Crippen LogP contribution < -0.4 is 5.32 Å². The average Bonchev–Trinajstić information content (AvgIpc) is 3.15. The van der Waals surface area contributed by atoms with Crippen LogP contribution in [-0.2, 0) is 13.0 Å². The summed E-state index contributed by atoms with van der Waals surface area (Å²) in [5, 5.41) is 9.49. The van der Waals surface area contributed by atoms with Gasteiger partial charge in [-0.2, -0.15) is 5.10 Å². The number of imidazole rings is 1. The molecular formula is C16H21N5. The van der Waals surface area contributed by atoms with Gasteiger partial charge in [0.2, 0.25) is 0 Å². The quantitative estimate of drug-likeness (QED) is 0.731. The van der Waals surface area contributed by atoms with Crippen molar-refractivity contribution in [1.82, 2.24) is 25.1 Å². The van der Waals surface area contributed by atoms with Crippen LogP contribution in [0.1, 0.15) is 31.4 Å². The van der Waals surface area contributed by atoms with E-state index in [0.29, 0.717) is 0 Å². The molecule has 3 rings (SSSR count). The Balaban J connectivity index is 1.96. The van der Waals surface area contributed by atoms with E-state index in [1.54, 1.807) is 6.20 Å². The fourth-order valence-corrected chi connectivity index (χ4v) is 2.76. The standard InChI is InChI=1S/C16H21N5/c1-3-17-14(16-18-9-10-19-16)11-13-12-7-5-6-8-15(12)21(4-2)20-13/h5-10,14,17H,3-4,11H2,1-2H3,(H,18,19). The predicted molar refractivity (Wildman–Crippen MR) is 84.1 cm³/mol. The van der Waals surface area contributed by atoms with Gasteiger partial charge in [-0.15, -0.1) is 0 Å². The van der Waals surface area contributed by atoms with Gasteiger partial charge in [0.15, 0.2) is 0 Å². The first-order chi connectivity index (χ1) is 10.3. The number of rotatable bonds is 6. The molecule has 5 nitrogen and oxygen atoms in total. The Hall–Kier alpha value is -2.14. The van der Waals surface area contributed by atoms with Crippen LogP contribution in [0.3, 0.4) is 0 Å². The molecule has 2 aromatic heterocycles. The lowest BCUT2D eigenvalue weighted by Gasteiger charge is -2.14. The van der Waals surface area contributed by atoms with Crippen LogP contribution in [0.5, 0.6) is 0 Å². The topological polar surface area (TPSA) is 58.5 Å². The van der Waals surface area contributed by atoms with Crippen molar-refractivity contribution in [3.63, 3.8) is 0 Å². The smallest absolute Gasteiger partial charge is 0.123 e. The van der Waals surface area contributed by atoms with Crippen LogP contribution in [0, 0.1) is 0 Å². The molecular weight excluding hydrogens is 262 g/mol. The number of nitrogens with one attached hydrogen (secondary N) is 2. The van der Waals surface area contributed by atoms with Gasteiger partial charge in [0.1, 0.15) is 5.82 Å². The highest BCUT2D eigenvalue weighted by Gasteiger charge is 2.18. The van der Waals surface area contributed by atoms with E-state index < -0.39 is 0 Å². The van der Waals surface area contributed by atoms with Crippen molar-refractivity contribution < 1.29 is 0 Å². The second kappa shape index (κ2) is 6.10. The zero-order valence-corrected chi connectivity index (χ0v) is 12.5. The molecule has 0 saturated heterocycles. The van der Waals surface area contributed by atoms with Crippen molar-refractivity contribution in [3.8, 4) is 0 Å². The number of para-hydroxylation sites is 1. The van der Waals surface area contributed by atoms with Crippen molar-refractivity contribution in [2.45, 2.75) is 32.9 Å². The summed E-state index contributed by atoms with van der Waals surface area (Å²) in [5.41, 5.74) is 2.32. The molecule has 2 heterocycles. The number of aryl methyl sites for hydroxylation is 1. The maximum atomic E-state index is 4.77. The van der Waals surface area contributed by atoms with Crippen LogP contribution in [0.15, 0.2) is 36.7 Å². The van der Waals surface area contributed by atoms with Crippen molar-refractivity contribution in [1.29, 1.82) is 0 Å². The summed E-state index contributed by atoms with van der Waals surface area (Å²) < 4.78 is 2.07. The first kappa shape index (κ1) is 13.8. The molecule has 21 heavy (non-hydrogen) atoms. The SMILES string of the molecule is CCNC(Cc1nn(CC)c2ccccc12)c1ncc[nH]1. The minimum atomic E-state index is 0.161. The summed E-state index contributed by atoms with van der Waals surface area (Å²) in [7, 11) is 0. The number of hydrogen-bond donors (Lipinski definition) is 2. The van der Waals surface area contributed by atoms with Gasteiger partial charge in [-0.1, -0.05) is 25.1 Å². The van der Waals surface area contributed by atoms with Gasteiger partial charge in [-0.05, 0) is 19.5 Å². The van der Waals surface area contributed by atoms with Crippen LogP contribution in [-0.4, -0.2) is 26.3 Å². The molecule has 1 aromatic carbocycles. The Kier molecular flexibility index (Phi) is 4.01. The normalized spacial score (nSPS) is 12.9. The maximum absolute atomic E-state index is 4.77. The Bertz CT molecular complexity index is 699. The highest BCUT2D eigenvalue weighted by Crippen LogP contribution is 2.23. The van der Waals surface area contributed by atoms with Gasteiger partial charge in [-0.25, -0.2) is 4.98 Å². The molecule has 3 aromatic rings. The summed E-state index contributed by atoms with van der Waals surface area (Å²) in [6, 6.07) is 8.57. The largest absolute Gasteiger partial charge is 0.347 e. The third-order valence-electron chi connectivity index (χ3n) is 3.73. The molecule has 2 N–H and O–H groups in total. The van der Waals surface area contributed by atoms with Gasteiger partial charge in [-0.3, -0.25) is 4.68 Å². The van der Waals surface area contributed by atoms with Gasteiger partial charge in [0.05, 0.1) is 17.3 Å². The number of H-pyrrole nitrogens is 1. The molecule has 0 bridgehead atoms. The molecule has 1 atom stereocenters. The van der Waals surface area contributed by atoms with E-state index in [0.717, 1.165) is 31.0 Å². The minimum absolute atomic E-state index is 0.161. The van der Waals surface area contributed by atoms with Crippen LogP contribution in [0.2, 0.25) is 0 Å². The van der Waals surface area contributed by atoms with Crippen LogP contribution >= 0.6 is 0 Å². The van der Waals surface area contributed by atoms with Crippen LogP contribution in [0.4, 0.5) is 0 Å². The number of hydrogen-bond acceptors (Lipinski definition) is 3. The first-order valence-electron chi connectivity index (χ1n) is 7.50. The highest BCUT2D eigenvalue weighted by molar-refractivity contribution is 5.82. The molecule has 0 radical (unpaired) electrons. The third kappa shape index (κ3) is 2.69. The van der Waals surface area contributed by atoms with Crippen molar-refractivity contribution in [3.05, 3.63) is 48.2 Å². The molecule has 0 aliphatic heterocycles. The minimum Gasteiger partial charge on any atom is -0.347 e. The second-order valence-corrected chi connectivity index (χ2v) is 5.07. The number of fused-ring (bicyclic) bond motifs is 1. The number of benzene rings is 1. The monoisotopic (exact) mass is 283 g/mol. The van der Waals surface area contributed by atoms with Gasteiger partial charge < -0.3 is 10.3 Å². The summed E-state index contributed by atoms with van der Waals surface area (Å²) in [6.07, 6.45) is 4.49. The second-order valence-electron chi connectivity index (χ2n) is 5.07. The number of likely N-dealkylation sites (N-methyl/N-ethyl adjacent to an activating group) is 1. The van der Waals surface area contributed by atoms with E-state index in [1.165, 1.54) is 10.9 Å². The summed E-state index contributed by atoms with van der Waals surface area (Å²) in [6.45, 7) is 6.02. The molecule has 0 fully saturated rings. The third-order valence-corrected chi connectivity index (χ3v) is 3.73. The van der Waals surface area contributed by atoms with Crippen molar-refractivity contribution in [2.75, 3.05) is 6.54 Å². The molecule has 5 heteroatoms. The summed E-state index contributed by atoms with van der Waals surface area (Å²) in [4.78, 5) is 7.59. The highest BCUT2D eigenvalue weighted by atomic mass is 15.3. The zero-order valence-electron chi connectivity index (χ0n) is 12.5. The summed E-state index contributed by atoms with van der Waals surface area (Å²) >= 11 is 0. The lowest BCUT2D eigenvalue weighted by molar-refractivity contribution is 0.516. The Morgan fingerprint density at radius 2 is 2.14 bits per heavy atom. The zero-order chi connectivity index (χ0) is 14.7. The predicted octanol–water partition coefficient (Wildman–Crippen LogP) is 2.67. The maximum Gasteiger partial charge on any atom is 0.123 e. The van der Waals surface area contributed by atoms with E-state index in [4.69, 9.17) is 5.10 Å². The molecule has 0 spiro atoms. The fourth-order valence-electron chi connectivity index (χ4n) is 2.76. The van der Waals surface area contributed by atoms with Gasteiger partial charge in [0.25, 0.3) is 0 Å². The Morgan fingerprint density at radius 1 is 1.29 bits per heavy atom. The lowest BCUT2D eigenvalue weighted by atomic mass is 10.1. The Morgan fingerprint density at radius 3 is 2.86 bits per heavy atom. The molecule has 0 amide bonds. The van der Waals surface area contributed by atoms with Crippen molar-refractivity contribution >= 4 is 10.9 Å². The molecule has 0 saturated carbocycles. The van der Waals surface area contributed by atoms with Crippen molar-refractivity contribution in [2.24, 2.45) is 0 Å². The number of aromatic nitrogens is 4.